The van der Waals surface area contributed by atoms with Crippen LogP contribution in [0.2, 0.25) is 0 Å². The summed E-state index contributed by atoms with van der Waals surface area (Å²) in [5, 5.41) is 19.0. The Balaban J connectivity index is 1.39. The van der Waals surface area contributed by atoms with Crippen LogP contribution < -0.4 is 25.4 Å². The van der Waals surface area contributed by atoms with Crippen molar-refractivity contribution in [2.45, 2.75) is 0 Å². The minimum absolute atomic E-state index is 0.0372. The Bertz CT molecular complexity index is 901. The predicted molar refractivity (Wildman–Crippen MR) is 99.5 cm³/mol. The number of hydrogen-bond acceptors (Lipinski definition) is 7. The van der Waals surface area contributed by atoms with E-state index in [9.17, 15) is 19.7 Å². The van der Waals surface area contributed by atoms with Gasteiger partial charge in [0.15, 0.2) is 11.5 Å². The van der Waals surface area contributed by atoms with Crippen molar-refractivity contribution in [3.05, 3.63) is 58.1 Å². The van der Waals surface area contributed by atoms with Crippen molar-refractivity contribution in [1.29, 1.82) is 0 Å². The molecule has 1 aliphatic rings. The first-order valence-corrected chi connectivity index (χ1v) is 8.46. The topological polar surface area (TPSA) is 132 Å². The van der Waals surface area contributed by atoms with Crippen molar-refractivity contribution in [2.75, 3.05) is 31.7 Å². The molecule has 2 aromatic rings. The van der Waals surface area contributed by atoms with Crippen LogP contribution in [-0.2, 0) is 4.79 Å². The fourth-order valence-corrected chi connectivity index (χ4v) is 2.54. The van der Waals surface area contributed by atoms with Crippen molar-refractivity contribution in [2.24, 2.45) is 0 Å². The number of nitro groups is 1. The fraction of sp³-hybridized carbons (Fsp3) is 0.222. The minimum Gasteiger partial charge on any atom is -0.454 e. The summed E-state index contributed by atoms with van der Waals surface area (Å²) in [5.74, 6) is 0.267. The second kappa shape index (κ2) is 8.71. The zero-order chi connectivity index (χ0) is 19.9. The average Bonchev–Trinajstić information content (AvgIpc) is 3.17. The molecule has 0 radical (unpaired) electrons. The summed E-state index contributed by atoms with van der Waals surface area (Å²) in [6, 6.07) is 11.0. The number of amides is 2. The number of ether oxygens (including phenoxy) is 2. The number of nitrogens with one attached hydrogen (secondary N) is 3. The smallest absolute Gasteiger partial charge is 0.292 e. The Hall–Kier alpha value is -3.82. The van der Waals surface area contributed by atoms with Gasteiger partial charge in [0.05, 0.1) is 11.5 Å². The zero-order valence-corrected chi connectivity index (χ0v) is 14.8. The zero-order valence-electron chi connectivity index (χ0n) is 14.8. The van der Waals surface area contributed by atoms with Crippen molar-refractivity contribution >= 4 is 23.2 Å². The molecule has 1 heterocycles. The van der Waals surface area contributed by atoms with Crippen molar-refractivity contribution < 1.29 is 24.0 Å². The van der Waals surface area contributed by atoms with Crippen LogP contribution in [-0.4, -0.2) is 43.2 Å². The molecule has 28 heavy (non-hydrogen) atoms. The molecule has 2 aromatic carbocycles. The van der Waals surface area contributed by atoms with Gasteiger partial charge in [-0.1, -0.05) is 12.1 Å². The SMILES string of the molecule is O=C(CNC(=O)c1ccc2c(c1)OCO2)NCCNc1ccccc1[N+](=O)[O-]. The summed E-state index contributed by atoms with van der Waals surface area (Å²) in [4.78, 5) is 34.4. The summed E-state index contributed by atoms with van der Waals surface area (Å²) in [7, 11) is 0. The van der Waals surface area contributed by atoms with E-state index in [0.29, 0.717) is 29.3 Å². The quantitative estimate of drug-likeness (QED) is 0.354. The summed E-state index contributed by atoms with van der Waals surface area (Å²) < 4.78 is 10.4. The molecule has 0 saturated carbocycles. The number of carbonyl (C=O) groups excluding carboxylic acids is 2. The monoisotopic (exact) mass is 386 g/mol. The predicted octanol–water partition coefficient (Wildman–Crippen LogP) is 1.28. The molecule has 146 valence electrons. The molecule has 0 saturated heterocycles. The van der Waals surface area contributed by atoms with Gasteiger partial charge in [-0.25, -0.2) is 0 Å². The first-order valence-electron chi connectivity index (χ1n) is 8.46. The number of nitro benzene ring substituents is 1. The number of fused-ring (bicyclic) bond motifs is 1. The number of nitrogens with zero attached hydrogens (tertiary/aromatic N) is 1. The standard InChI is InChI=1S/C18H18N4O6/c23-17(20-8-7-19-13-3-1-2-4-14(13)22(25)26)10-21-18(24)12-5-6-15-16(9-12)28-11-27-15/h1-6,9,19H,7-8,10-11H2,(H,20,23)(H,21,24). The van der Waals surface area contributed by atoms with Crippen LogP contribution >= 0.6 is 0 Å². The number of hydrogen-bond donors (Lipinski definition) is 3. The first-order chi connectivity index (χ1) is 13.5. The Morgan fingerprint density at radius 3 is 2.64 bits per heavy atom. The van der Waals surface area contributed by atoms with Crippen molar-refractivity contribution in [3.8, 4) is 11.5 Å². The van der Waals surface area contributed by atoms with E-state index in [4.69, 9.17) is 9.47 Å². The first kappa shape index (κ1) is 19.0. The minimum atomic E-state index is -0.480. The van der Waals surface area contributed by atoms with E-state index in [1.54, 1.807) is 36.4 Å². The molecular weight excluding hydrogens is 368 g/mol. The van der Waals surface area contributed by atoms with Crippen molar-refractivity contribution in [3.63, 3.8) is 0 Å². The number of benzene rings is 2. The van der Waals surface area contributed by atoms with Gasteiger partial charge >= 0.3 is 0 Å². The lowest BCUT2D eigenvalue weighted by Crippen LogP contribution is -2.38. The Morgan fingerprint density at radius 1 is 1.04 bits per heavy atom. The number of para-hydroxylation sites is 2. The largest absolute Gasteiger partial charge is 0.454 e. The molecule has 1 aliphatic heterocycles. The molecule has 0 bridgehead atoms. The van der Waals surface area contributed by atoms with Gasteiger partial charge in [0, 0.05) is 24.7 Å². The van der Waals surface area contributed by atoms with Gasteiger partial charge in [-0.15, -0.1) is 0 Å². The van der Waals surface area contributed by atoms with Gasteiger partial charge in [0.2, 0.25) is 12.7 Å². The molecule has 10 nitrogen and oxygen atoms in total. The maximum absolute atomic E-state index is 12.1. The molecule has 2 amide bonds. The maximum atomic E-state index is 12.1. The van der Waals surface area contributed by atoms with Gasteiger partial charge < -0.3 is 25.4 Å². The summed E-state index contributed by atoms with van der Waals surface area (Å²) in [5.41, 5.74) is 0.692. The average molecular weight is 386 g/mol. The van der Waals surface area contributed by atoms with E-state index in [2.05, 4.69) is 16.0 Å². The van der Waals surface area contributed by atoms with Crippen LogP contribution in [0.15, 0.2) is 42.5 Å². The van der Waals surface area contributed by atoms with Crippen LogP contribution in [0, 0.1) is 10.1 Å². The van der Waals surface area contributed by atoms with Gasteiger partial charge in [-0.2, -0.15) is 0 Å². The highest BCUT2D eigenvalue weighted by Crippen LogP contribution is 2.32. The Kier molecular flexibility index (Phi) is 5.90. The molecule has 3 rings (SSSR count). The van der Waals surface area contributed by atoms with Gasteiger partial charge in [0.25, 0.3) is 11.6 Å². The summed E-state index contributed by atoms with van der Waals surface area (Å²) in [6.45, 7) is 0.458. The number of carbonyl (C=O) groups is 2. The van der Waals surface area contributed by atoms with E-state index in [0.717, 1.165) is 0 Å². The maximum Gasteiger partial charge on any atom is 0.292 e. The third-order valence-electron chi connectivity index (χ3n) is 3.91. The lowest BCUT2D eigenvalue weighted by molar-refractivity contribution is -0.384. The molecule has 0 atom stereocenters. The molecule has 0 aromatic heterocycles. The summed E-state index contributed by atoms with van der Waals surface area (Å²) >= 11 is 0. The van der Waals surface area contributed by atoms with Crippen LogP contribution in [0.25, 0.3) is 0 Å². The normalized spacial score (nSPS) is 11.6. The third kappa shape index (κ3) is 4.67. The highest BCUT2D eigenvalue weighted by atomic mass is 16.7. The van der Waals surface area contributed by atoms with E-state index < -0.39 is 10.8 Å². The number of rotatable bonds is 8. The van der Waals surface area contributed by atoms with Gasteiger partial charge in [-0.3, -0.25) is 19.7 Å². The van der Waals surface area contributed by atoms with Crippen LogP contribution in [0.5, 0.6) is 11.5 Å². The van der Waals surface area contributed by atoms with E-state index >= 15 is 0 Å². The number of anilines is 1. The van der Waals surface area contributed by atoms with Crippen LogP contribution in [0.4, 0.5) is 11.4 Å². The second-order valence-corrected chi connectivity index (χ2v) is 5.80. The fourth-order valence-electron chi connectivity index (χ4n) is 2.54. The van der Waals surface area contributed by atoms with E-state index in [1.807, 2.05) is 0 Å². The lowest BCUT2D eigenvalue weighted by Gasteiger charge is -2.09. The molecule has 3 N–H and O–H groups in total. The summed E-state index contributed by atoms with van der Waals surface area (Å²) in [6.07, 6.45) is 0. The molecule has 0 fully saturated rings. The molecule has 0 aliphatic carbocycles. The second-order valence-electron chi connectivity index (χ2n) is 5.80. The lowest BCUT2D eigenvalue weighted by atomic mass is 10.2. The Morgan fingerprint density at radius 2 is 1.82 bits per heavy atom. The Labute approximate surface area is 160 Å². The molecule has 10 heteroatoms. The van der Waals surface area contributed by atoms with Crippen LogP contribution in [0.3, 0.4) is 0 Å². The highest BCUT2D eigenvalue weighted by molar-refractivity contribution is 5.97. The van der Waals surface area contributed by atoms with E-state index in [1.165, 1.54) is 6.07 Å². The van der Waals surface area contributed by atoms with E-state index in [-0.39, 0.29) is 31.5 Å². The molecule has 0 spiro atoms. The van der Waals surface area contributed by atoms with Crippen LogP contribution in [0.1, 0.15) is 10.4 Å². The van der Waals surface area contributed by atoms with Gasteiger partial charge in [-0.05, 0) is 24.3 Å². The van der Waals surface area contributed by atoms with Gasteiger partial charge in [0.1, 0.15) is 5.69 Å². The highest BCUT2D eigenvalue weighted by Gasteiger charge is 2.16. The third-order valence-corrected chi connectivity index (χ3v) is 3.91. The molecule has 0 unspecified atom stereocenters. The molecular formula is C18H18N4O6. The van der Waals surface area contributed by atoms with Crippen molar-refractivity contribution in [1.82, 2.24) is 10.6 Å².